The number of carbonyl (C=O) groups excluding carboxylic acids is 2. The number of amides is 1. The highest BCUT2D eigenvalue weighted by atomic mass is 35.5. The lowest BCUT2D eigenvalue weighted by Gasteiger charge is -2.10. The number of halogens is 1. The summed E-state index contributed by atoms with van der Waals surface area (Å²) in [6, 6.07) is 2.72. The lowest BCUT2D eigenvalue weighted by molar-refractivity contribution is -0.114. The van der Waals surface area contributed by atoms with Crippen LogP contribution in [0.5, 0.6) is 5.75 Å². The number of hydrogen-bond acceptors (Lipinski definition) is 3. The van der Waals surface area contributed by atoms with Crippen LogP contribution in [0.15, 0.2) is 12.1 Å². The zero-order chi connectivity index (χ0) is 11.6. The summed E-state index contributed by atoms with van der Waals surface area (Å²) in [7, 11) is 0. The molecule has 0 fully saturated rings. The van der Waals surface area contributed by atoms with Crippen LogP contribution in [-0.4, -0.2) is 16.8 Å². The Morgan fingerprint density at radius 3 is 2.40 bits per heavy atom. The molecule has 1 amide bonds. The van der Waals surface area contributed by atoms with E-state index in [1.165, 1.54) is 26.0 Å². The van der Waals surface area contributed by atoms with E-state index in [1.807, 2.05) is 0 Å². The third-order valence-corrected chi connectivity index (χ3v) is 2.10. The fourth-order valence-corrected chi connectivity index (χ4v) is 1.50. The second kappa shape index (κ2) is 4.31. The lowest BCUT2D eigenvalue weighted by Crippen LogP contribution is -2.10. The molecular formula is C10H10ClNO3. The fourth-order valence-electron chi connectivity index (χ4n) is 1.21. The molecule has 0 heterocycles. The van der Waals surface area contributed by atoms with Crippen molar-refractivity contribution in [1.82, 2.24) is 0 Å². The van der Waals surface area contributed by atoms with Gasteiger partial charge < -0.3 is 10.4 Å². The maximum Gasteiger partial charge on any atom is 0.221 e. The van der Waals surface area contributed by atoms with Crippen molar-refractivity contribution in [2.75, 3.05) is 5.32 Å². The van der Waals surface area contributed by atoms with Gasteiger partial charge in [-0.25, -0.2) is 0 Å². The molecule has 0 aliphatic rings. The molecule has 0 atom stereocenters. The minimum absolute atomic E-state index is 0.0579. The number of carbonyl (C=O) groups is 2. The molecule has 0 unspecified atom stereocenters. The first-order valence-corrected chi connectivity index (χ1v) is 4.61. The van der Waals surface area contributed by atoms with E-state index in [9.17, 15) is 14.7 Å². The van der Waals surface area contributed by atoms with E-state index < -0.39 is 0 Å². The number of hydrogen-bond donors (Lipinski definition) is 2. The summed E-state index contributed by atoms with van der Waals surface area (Å²) >= 11 is 5.80. The first-order valence-electron chi connectivity index (χ1n) is 4.23. The molecule has 0 saturated carbocycles. The van der Waals surface area contributed by atoms with Crippen LogP contribution in [0, 0.1) is 0 Å². The number of Topliss-reactive ketones (excluding diaryl/α,β-unsaturated/α-hetero) is 1. The molecule has 0 spiro atoms. The average Bonchev–Trinajstić information content (AvgIpc) is 2.10. The Morgan fingerprint density at radius 2 is 1.93 bits per heavy atom. The highest BCUT2D eigenvalue weighted by Gasteiger charge is 2.16. The first kappa shape index (κ1) is 11.5. The van der Waals surface area contributed by atoms with Gasteiger partial charge in [0.25, 0.3) is 0 Å². The van der Waals surface area contributed by atoms with E-state index in [-0.39, 0.29) is 33.7 Å². The van der Waals surface area contributed by atoms with Crippen LogP contribution in [0.3, 0.4) is 0 Å². The van der Waals surface area contributed by atoms with E-state index in [0.717, 1.165) is 0 Å². The topological polar surface area (TPSA) is 66.4 Å². The van der Waals surface area contributed by atoms with Crippen LogP contribution in [-0.2, 0) is 4.79 Å². The van der Waals surface area contributed by atoms with Crippen LogP contribution < -0.4 is 5.32 Å². The SMILES string of the molecule is CC(=O)Nc1c(O)ccc(Cl)c1C(C)=O. The standard InChI is InChI=1S/C10H10ClNO3/c1-5(13)9-7(11)3-4-8(15)10(9)12-6(2)14/h3-4,15H,1-2H3,(H,12,14). The second-order valence-corrected chi connectivity index (χ2v) is 3.46. The Bertz CT molecular complexity index is 429. The smallest absolute Gasteiger partial charge is 0.221 e. The first-order chi connectivity index (χ1) is 6.93. The second-order valence-electron chi connectivity index (χ2n) is 3.05. The molecule has 0 aliphatic carbocycles. The van der Waals surface area contributed by atoms with Gasteiger partial charge in [-0.05, 0) is 19.1 Å². The summed E-state index contributed by atoms with van der Waals surface area (Å²) in [4.78, 5) is 22.1. The van der Waals surface area contributed by atoms with Crippen molar-refractivity contribution in [3.8, 4) is 5.75 Å². The Morgan fingerprint density at radius 1 is 1.33 bits per heavy atom. The van der Waals surface area contributed by atoms with Crippen LogP contribution in [0.4, 0.5) is 5.69 Å². The maximum atomic E-state index is 11.3. The third-order valence-electron chi connectivity index (χ3n) is 1.79. The molecular weight excluding hydrogens is 218 g/mol. The highest BCUT2D eigenvalue weighted by molar-refractivity contribution is 6.35. The van der Waals surface area contributed by atoms with Crippen molar-refractivity contribution in [1.29, 1.82) is 0 Å². The van der Waals surface area contributed by atoms with Gasteiger partial charge in [0.2, 0.25) is 5.91 Å². The third kappa shape index (κ3) is 2.47. The molecule has 1 rings (SSSR count). The molecule has 0 radical (unpaired) electrons. The fraction of sp³-hybridized carbons (Fsp3) is 0.200. The number of benzene rings is 1. The van der Waals surface area contributed by atoms with Crippen LogP contribution in [0.2, 0.25) is 5.02 Å². The number of rotatable bonds is 2. The number of aromatic hydroxyl groups is 1. The van der Waals surface area contributed by atoms with E-state index in [1.54, 1.807) is 0 Å². The number of phenolic OH excluding ortho intramolecular Hbond substituents is 1. The Balaban J connectivity index is 3.38. The van der Waals surface area contributed by atoms with E-state index in [2.05, 4.69) is 5.32 Å². The van der Waals surface area contributed by atoms with Crippen LogP contribution in [0.1, 0.15) is 24.2 Å². The molecule has 2 N–H and O–H groups in total. The minimum Gasteiger partial charge on any atom is -0.506 e. The molecule has 0 saturated heterocycles. The maximum absolute atomic E-state index is 11.3. The van der Waals surface area contributed by atoms with Gasteiger partial charge in [0.05, 0.1) is 16.3 Å². The van der Waals surface area contributed by atoms with E-state index >= 15 is 0 Å². The minimum atomic E-state index is -0.380. The Kier molecular flexibility index (Phi) is 3.31. The molecule has 4 nitrogen and oxygen atoms in total. The highest BCUT2D eigenvalue weighted by Crippen LogP contribution is 2.33. The van der Waals surface area contributed by atoms with Gasteiger partial charge in [-0.2, -0.15) is 0 Å². The van der Waals surface area contributed by atoms with Gasteiger partial charge in [0.1, 0.15) is 5.75 Å². The lowest BCUT2D eigenvalue weighted by atomic mass is 10.1. The van der Waals surface area contributed by atoms with Crippen LogP contribution in [0.25, 0.3) is 0 Å². The van der Waals surface area contributed by atoms with Crippen LogP contribution >= 0.6 is 11.6 Å². The van der Waals surface area contributed by atoms with Crippen molar-refractivity contribution in [2.24, 2.45) is 0 Å². The predicted molar refractivity (Wildman–Crippen MR) is 57.4 cm³/mol. The van der Waals surface area contributed by atoms with Gasteiger partial charge in [0, 0.05) is 6.92 Å². The predicted octanol–water partition coefficient (Wildman–Crippen LogP) is 2.21. The molecule has 1 aromatic carbocycles. The summed E-state index contributed by atoms with van der Waals surface area (Å²) in [6.45, 7) is 2.59. The van der Waals surface area contributed by atoms with Gasteiger partial charge >= 0.3 is 0 Å². The summed E-state index contributed by atoms with van der Waals surface area (Å²) in [6.07, 6.45) is 0. The summed E-state index contributed by atoms with van der Waals surface area (Å²) in [5, 5.41) is 12.1. The number of phenols is 1. The van der Waals surface area contributed by atoms with Gasteiger partial charge in [-0.1, -0.05) is 11.6 Å². The Hall–Kier alpha value is -1.55. The van der Waals surface area contributed by atoms with Gasteiger partial charge in [-0.3, -0.25) is 9.59 Å². The van der Waals surface area contributed by atoms with Crippen molar-refractivity contribution in [3.05, 3.63) is 22.7 Å². The molecule has 5 heteroatoms. The van der Waals surface area contributed by atoms with Crippen molar-refractivity contribution in [2.45, 2.75) is 13.8 Å². The van der Waals surface area contributed by atoms with Gasteiger partial charge in [-0.15, -0.1) is 0 Å². The van der Waals surface area contributed by atoms with E-state index in [0.29, 0.717) is 0 Å². The summed E-state index contributed by atoms with van der Waals surface area (Å²) in [5.41, 5.74) is 0.175. The Labute approximate surface area is 91.9 Å². The zero-order valence-electron chi connectivity index (χ0n) is 8.30. The van der Waals surface area contributed by atoms with Gasteiger partial charge in [0.15, 0.2) is 5.78 Å². The molecule has 1 aromatic rings. The number of ketones is 1. The molecule has 0 aliphatic heterocycles. The monoisotopic (exact) mass is 227 g/mol. The normalized spacial score (nSPS) is 9.80. The van der Waals surface area contributed by atoms with Crippen molar-refractivity contribution >= 4 is 29.0 Å². The average molecular weight is 228 g/mol. The zero-order valence-corrected chi connectivity index (χ0v) is 9.05. The van der Waals surface area contributed by atoms with Crippen molar-refractivity contribution < 1.29 is 14.7 Å². The molecule has 0 bridgehead atoms. The van der Waals surface area contributed by atoms with E-state index in [4.69, 9.17) is 11.6 Å². The molecule has 80 valence electrons. The number of nitrogens with one attached hydrogen (secondary N) is 1. The number of anilines is 1. The molecule has 0 aromatic heterocycles. The molecule has 15 heavy (non-hydrogen) atoms. The summed E-state index contributed by atoms with van der Waals surface area (Å²) in [5.74, 6) is -0.880. The van der Waals surface area contributed by atoms with Crippen molar-refractivity contribution in [3.63, 3.8) is 0 Å². The summed E-state index contributed by atoms with van der Waals surface area (Å²) < 4.78 is 0. The largest absolute Gasteiger partial charge is 0.506 e. The quantitative estimate of drug-likeness (QED) is 0.601.